The molecule has 5 rings (SSSR count). The minimum Gasteiger partial charge on any atom is -0.394 e. The first-order valence-electron chi connectivity index (χ1n) is 13.9. The molecule has 10 heteroatoms. The zero-order valence-electron chi connectivity index (χ0n) is 22.3. The molecular weight excluding hydrogens is 488 g/mol. The molecule has 6 atom stereocenters. The first-order valence-corrected chi connectivity index (χ1v) is 13.9. The maximum absolute atomic E-state index is 14.1. The van der Waals surface area contributed by atoms with Gasteiger partial charge in [0, 0.05) is 31.9 Å². The summed E-state index contributed by atoms with van der Waals surface area (Å²) in [5.74, 6) is -2.06. The molecule has 4 fully saturated rings. The number of anilines is 1. The number of fused-ring (bicyclic) bond motifs is 1. The van der Waals surface area contributed by atoms with Crippen LogP contribution in [0.5, 0.6) is 0 Å². The molecule has 3 N–H and O–H groups in total. The Morgan fingerprint density at radius 2 is 1.89 bits per heavy atom. The fraction of sp³-hybridized carbons (Fsp3) is 0.679. The SMILES string of the molecule is CC(C)C[C@H](CO)N1C(=O)[C@@H]2[C@H](C(=O)Nc3ccccc3)[C@@H]3CCC2(O3)C1C(=O)NCCN1CCOCC1. The number of amides is 3. The fourth-order valence-corrected chi connectivity index (χ4v) is 6.91. The molecule has 4 aliphatic rings. The minimum absolute atomic E-state index is 0.206. The maximum atomic E-state index is 14.1. The summed E-state index contributed by atoms with van der Waals surface area (Å²) in [6.45, 7) is 7.92. The van der Waals surface area contributed by atoms with E-state index in [1.807, 2.05) is 32.0 Å². The Morgan fingerprint density at radius 1 is 1.16 bits per heavy atom. The van der Waals surface area contributed by atoms with Crippen LogP contribution in [0, 0.1) is 17.8 Å². The summed E-state index contributed by atoms with van der Waals surface area (Å²) in [4.78, 5) is 45.2. The van der Waals surface area contributed by atoms with E-state index < -0.39 is 35.6 Å². The molecule has 2 bridgehead atoms. The predicted molar refractivity (Wildman–Crippen MR) is 140 cm³/mol. The Hall–Kier alpha value is -2.53. The van der Waals surface area contributed by atoms with Gasteiger partial charge in [0.15, 0.2) is 0 Å². The van der Waals surface area contributed by atoms with E-state index in [9.17, 15) is 19.5 Å². The number of hydrogen-bond acceptors (Lipinski definition) is 7. The number of carbonyl (C=O) groups excluding carboxylic acids is 3. The summed E-state index contributed by atoms with van der Waals surface area (Å²) in [5.41, 5.74) is -0.421. The van der Waals surface area contributed by atoms with Gasteiger partial charge in [0.25, 0.3) is 0 Å². The molecule has 208 valence electrons. The van der Waals surface area contributed by atoms with Crippen LogP contribution in [0.25, 0.3) is 0 Å². The third-order valence-electron chi connectivity index (χ3n) is 8.51. The Bertz CT molecular complexity index is 1020. The molecule has 1 aromatic carbocycles. The van der Waals surface area contributed by atoms with Crippen molar-refractivity contribution in [3.63, 3.8) is 0 Å². The van der Waals surface area contributed by atoms with Crippen LogP contribution >= 0.6 is 0 Å². The van der Waals surface area contributed by atoms with Gasteiger partial charge in [0.05, 0.1) is 43.8 Å². The molecule has 38 heavy (non-hydrogen) atoms. The molecule has 4 aliphatic heterocycles. The highest BCUT2D eigenvalue weighted by Gasteiger charge is 2.75. The number of nitrogens with one attached hydrogen (secondary N) is 2. The minimum atomic E-state index is -1.08. The highest BCUT2D eigenvalue weighted by molar-refractivity contribution is 6.02. The standard InChI is InChI=1S/C28H40N4O6/c1-18(2)16-20(17-33)32-24(26(35)29-10-11-31-12-14-37-15-13-31)28-9-8-21(38-28)22(23(28)27(32)36)25(34)30-19-6-4-3-5-7-19/h3-7,18,20-24,33H,8-17H2,1-2H3,(H,29,35)(H,30,34)/t20-,21+,22-,23+,24?,28?/m1/s1. The van der Waals surface area contributed by atoms with Gasteiger partial charge in [-0.05, 0) is 37.3 Å². The number of carbonyl (C=O) groups is 3. The summed E-state index contributed by atoms with van der Waals surface area (Å²) in [6, 6.07) is 7.74. The first-order chi connectivity index (χ1) is 18.4. The fourth-order valence-electron chi connectivity index (χ4n) is 6.91. The van der Waals surface area contributed by atoms with Gasteiger partial charge in [-0.15, -0.1) is 0 Å². The van der Waals surface area contributed by atoms with Crippen molar-refractivity contribution in [2.24, 2.45) is 17.8 Å². The summed E-state index contributed by atoms with van der Waals surface area (Å²) < 4.78 is 11.9. The van der Waals surface area contributed by atoms with E-state index >= 15 is 0 Å². The Labute approximate surface area is 224 Å². The van der Waals surface area contributed by atoms with Gasteiger partial charge >= 0.3 is 0 Å². The highest BCUT2D eigenvalue weighted by Crippen LogP contribution is 2.59. The van der Waals surface area contributed by atoms with Crippen LogP contribution in [0.4, 0.5) is 5.69 Å². The van der Waals surface area contributed by atoms with Gasteiger partial charge in [-0.1, -0.05) is 32.0 Å². The van der Waals surface area contributed by atoms with Crippen molar-refractivity contribution in [1.82, 2.24) is 15.1 Å². The summed E-state index contributed by atoms with van der Waals surface area (Å²) in [7, 11) is 0. The van der Waals surface area contributed by atoms with Crippen molar-refractivity contribution in [2.45, 2.75) is 56.9 Å². The second-order valence-electron chi connectivity index (χ2n) is 11.4. The number of benzene rings is 1. The third-order valence-corrected chi connectivity index (χ3v) is 8.51. The number of hydrogen-bond donors (Lipinski definition) is 3. The number of nitrogens with zero attached hydrogens (tertiary/aromatic N) is 2. The van der Waals surface area contributed by atoms with Gasteiger partial charge in [0.2, 0.25) is 17.7 Å². The van der Waals surface area contributed by atoms with Gasteiger partial charge in [-0.3, -0.25) is 19.3 Å². The average Bonchev–Trinajstić information content (AvgIpc) is 3.55. The number of morpholine rings is 1. The lowest BCUT2D eigenvalue weighted by Gasteiger charge is -2.37. The number of ether oxygens (including phenoxy) is 2. The number of aliphatic hydroxyl groups excluding tert-OH is 1. The largest absolute Gasteiger partial charge is 0.394 e. The van der Waals surface area contributed by atoms with Crippen LogP contribution in [-0.4, -0.2) is 102 Å². The first kappa shape index (κ1) is 27.1. The molecule has 0 radical (unpaired) electrons. The molecular formula is C28H40N4O6. The van der Waals surface area contributed by atoms with E-state index in [0.29, 0.717) is 51.3 Å². The molecule has 2 unspecified atom stereocenters. The van der Waals surface area contributed by atoms with E-state index in [-0.39, 0.29) is 30.2 Å². The molecule has 1 aromatic rings. The van der Waals surface area contributed by atoms with E-state index in [2.05, 4.69) is 15.5 Å². The second-order valence-corrected chi connectivity index (χ2v) is 11.4. The molecule has 10 nitrogen and oxygen atoms in total. The lowest BCUT2D eigenvalue weighted by Crippen LogP contribution is -2.58. The normalized spacial score (nSPS) is 31.5. The van der Waals surface area contributed by atoms with Crippen molar-refractivity contribution in [3.8, 4) is 0 Å². The zero-order chi connectivity index (χ0) is 26.9. The van der Waals surface area contributed by atoms with Crippen LogP contribution < -0.4 is 10.6 Å². The topological polar surface area (TPSA) is 120 Å². The highest BCUT2D eigenvalue weighted by atomic mass is 16.5. The molecule has 0 saturated carbocycles. The van der Waals surface area contributed by atoms with Crippen LogP contribution in [0.3, 0.4) is 0 Å². The number of likely N-dealkylation sites (tertiary alicyclic amines) is 1. The summed E-state index contributed by atoms with van der Waals surface area (Å²) in [5, 5.41) is 16.3. The van der Waals surface area contributed by atoms with Crippen LogP contribution in [0.15, 0.2) is 30.3 Å². The molecule has 3 amide bonds. The Kier molecular flexibility index (Phi) is 8.04. The van der Waals surface area contributed by atoms with Gasteiger partial charge in [0.1, 0.15) is 11.6 Å². The average molecular weight is 529 g/mol. The van der Waals surface area contributed by atoms with Crippen molar-refractivity contribution in [1.29, 1.82) is 0 Å². The van der Waals surface area contributed by atoms with Crippen molar-refractivity contribution >= 4 is 23.4 Å². The van der Waals surface area contributed by atoms with E-state index in [4.69, 9.17) is 9.47 Å². The number of rotatable bonds is 10. The molecule has 4 saturated heterocycles. The lowest BCUT2D eigenvalue weighted by atomic mass is 9.70. The van der Waals surface area contributed by atoms with E-state index in [1.54, 1.807) is 17.0 Å². The third kappa shape index (κ3) is 4.95. The predicted octanol–water partition coefficient (Wildman–Crippen LogP) is 0.855. The monoisotopic (exact) mass is 528 g/mol. The number of aliphatic hydroxyl groups is 1. The second kappa shape index (κ2) is 11.3. The molecule has 0 aliphatic carbocycles. The maximum Gasteiger partial charge on any atom is 0.245 e. The van der Waals surface area contributed by atoms with Gasteiger partial charge in [-0.2, -0.15) is 0 Å². The summed E-state index contributed by atoms with van der Waals surface area (Å²) >= 11 is 0. The quantitative estimate of drug-likeness (QED) is 0.412. The Balaban J connectivity index is 1.40. The van der Waals surface area contributed by atoms with Crippen LogP contribution in [-0.2, 0) is 23.9 Å². The molecule has 4 heterocycles. The number of para-hydroxylation sites is 1. The zero-order valence-corrected chi connectivity index (χ0v) is 22.3. The molecule has 0 aromatic heterocycles. The van der Waals surface area contributed by atoms with Crippen molar-refractivity contribution in [2.75, 3.05) is 51.3 Å². The lowest BCUT2D eigenvalue weighted by molar-refractivity contribution is -0.145. The summed E-state index contributed by atoms with van der Waals surface area (Å²) in [6.07, 6.45) is 1.26. The van der Waals surface area contributed by atoms with Crippen LogP contribution in [0.2, 0.25) is 0 Å². The van der Waals surface area contributed by atoms with E-state index in [0.717, 1.165) is 13.1 Å². The van der Waals surface area contributed by atoms with Crippen LogP contribution in [0.1, 0.15) is 33.1 Å². The van der Waals surface area contributed by atoms with Crippen molar-refractivity contribution in [3.05, 3.63) is 30.3 Å². The smallest absolute Gasteiger partial charge is 0.245 e. The van der Waals surface area contributed by atoms with Gasteiger partial charge < -0.3 is 30.1 Å². The Morgan fingerprint density at radius 3 is 2.58 bits per heavy atom. The van der Waals surface area contributed by atoms with Gasteiger partial charge in [-0.25, -0.2) is 0 Å². The molecule has 1 spiro atoms. The van der Waals surface area contributed by atoms with E-state index in [1.165, 1.54) is 0 Å². The van der Waals surface area contributed by atoms with Crippen molar-refractivity contribution < 1.29 is 29.0 Å².